The molecular formula is C12H25N3O2. The lowest BCUT2D eigenvalue weighted by molar-refractivity contribution is -0.143. The van der Waals surface area contributed by atoms with Crippen molar-refractivity contribution in [2.45, 2.75) is 38.8 Å². The van der Waals surface area contributed by atoms with Crippen molar-refractivity contribution in [1.82, 2.24) is 9.80 Å². The number of rotatable bonds is 5. The second-order valence-electron chi connectivity index (χ2n) is 5.44. The molecule has 3 N–H and O–H groups in total. The lowest BCUT2D eigenvalue weighted by Crippen LogP contribution is -2.52. The minimum absolute atomic E-state index is 0.504. The molecule has 0 spiro atoms. The van der Waals surface area contributed by atoms with Crippen LogP contribution in [0.3, 0.4) is 0 Å². The number of carbonyl (C=O) groups is 1. The summed E-state index contributed by atoms with van der Waals surface area (Å²) in [7, 11) is 0. The lowest BCUT2D eigenvalue weighted by Gasteiger charge is -2.37. The Bertz CT molecular complexity index is 258. The van der Waals surface area contributed by atoms with Crippen LogP contribution in [0, 0.1) is 0 Å². The predicted molar refractivity (Wildman–Crippen MR) is 68.0 cm³/mol. The van der Waals surface area contributed by atoms with E-state index in [0.29, 0.717) is 12.5 Å². The fourth-order valence-corrected chi connectivity index (χ4v) is 2.00. The van der Waals surface area contributed by atoms with Gasteiger partial charge in [0.2, 0.25) is 0 Å². The molecule has 0 bridgehead atoms. The summed E-state index contributed by atoms with van der Waals surface area (Å²) < 4.78 is 0. The Labute approximate surface area is 104 Å². The number of hydrogen-bond donors (Lipinski definition) is 2. The minimum atomic E-state index is -1.10. The topological polar surface area (TPSA) is 69.8 Å². The molecule has 0 amide bonds. The van der Waals surface area contributed by atoms with Gasteiger partial charge in [-0.3, -0.25) is 9.69 Å². The highest BCUT2D eigenvalue weighted by Crippen LogP contribution is 2.10. The molecule has 17 heavy (non-hydrogen) atoms. The molecule has 0 saturated carbocycles. The van der Waals surface area contributed by atoms with Crippen LogP contribution in [-0.4, -0.2) is 65.2 Å². The van der Waals surface area contributed by atoms with Gasteiger partial charge < -0.3 is 15.7 Å². The Balaban J connectivity index is 2.29. The molecule has 5 heteroatoms. The van der Waals surface area contributed by atoms with E-state index >= 15 is 0 Å². The van der Waals surface area contributed by atoms with Crippen molar-refractivity contribution in [2.24, 2.45) is 5.73 Å². The largest absolute Gasteiger partial charge is 0.480 e. The van der Waals surface area contributed by atoms with Crippen LogP contribution in [0.15, 0.2) is 0 Å². The van der Waals surface area contributed by atoms with Crippen LogP contribution in [-0.2, 0) is 4.79 Å². The predicted octanol–water partition coefficient (Wildman–Crippen LogP) is 0.205. The van der Waals surface area contributed by atoms with Crippen molar-refractivity contribution >= 4 is 5.97 Å². The summed E-state index contributed by atoms with van der Waals surface area (Å²) in [5.41, 5.74) is 4.61. The Morgan fingerprint density at radius 2 is 1.88 bits per heavy atom. The molecule has 1 atom stereocenters. The molecule has 1 fully saturated rings. The molecule has 0 aromatic rings. The van der Waals surface area contributed by atoms with Gasteiger partial charge in [0.1, 0.15) is 5.54 Å². The van der Waals surface area contributed by atoms with E-state index in [1.165, 1.54) is 0 Å². The SMILES string of the molecule is CC(C)N1CCN(CCC(C)(N)C(=O)O)CC1. The maximum absolute atomic E-state index is 10.9. The molecule has 0 aliphatic carbocycles. The summed E-state index contributed by atoms with van der Waals surface area (Å²) in [6.45, 7) is 10.9. The average Bonchev–Trinajstić information content (AvgIpc) is 2.27. The first-order valence-corrected chi connectivity index (χ1v) is 6.31. The smallest absolute Gasteiger partial charge is 0.323 e. The van der Waals surface area contributed by atoms with E-state index < -0.39 is 11.5 Å². The van der Waals surface area contributed by atoms with Gasteiger partial charge in [-0.25, -0.2) is 0 Å². The molecule has 1 unspecified atom stereocenters. The van der Waals surface area contributed by atoms with E-state index in [1.807, 2.05) is 0 Å². The zero-order valence-electron chi connectivity index (χ0n) is 11.1. The molecule has 100 valence electrons. The van der Waals surface area contributed by atoms with Gasteiger partial charge >= 0.3 is 5.97 Å². The van der Waals surface area contributed by atoms with E-state index in [1.54, 1.807) is 6.92 Å². The standard InChI is InChI=1S/C12H25N3O2/c1-10(2)15-8-6-14(7-9-15)5-4-12(3,13)11(16)17/h10H,4-9,13H2,1-3H3,(H,16,17). The Hall–Kier alpha value is -0.650. The molecule has 0 aromatic heterocycles. The van der Waals surface area contributed by atoms with Gasteiger partial charge in [0, 0.05) is 38.8 Å². The molecular weight excluding hydrogens is 218 g/mol. The molecule has 0 radical (unpaired) electrons. The Kier molecular flexibility index (Phi) is 4.91. The van der Waals surface area contributed by atoms with Gasteiger partial charge in [0.25, 0.3) is 0 Å². The van der Waals surface area contributed by atoms with Crippen molar-refractivity contribution < 1.29 is 9.90 Å². The second-order valence-corrected chi connectivity index (χ2v) is 5.44. The number of aliphatic carboxylic acids is 1. The molecule has 1 aliphatic rings. The van der Waals surface area contributed by atoms with E-state index in [2.05, 4.69) is 23.6 Å². The monoisotopic (exact) mass is 243 g/mol. The van der Waals surface area contributed by atoms with Gasteiger partial charge in [-0.05, 0) is 27.2 Å². The van der Waals surface area contributed by atoms with Crippen LogP contribution in [0.4, 0.5) is 0 Å². The highest BCUT2D eigenvalue weighted by atomic mass is 16.4. The quantitative estimate of drug-likeness (QED) is 0.722. The van der Waals surface area contributed by atoms with Gasteiger partial charge in [0.15, 0.2) is 0 Å². The van der Waals surface area contributed by atoms with Crippen LogP contribution >= 0.6 is 0 Å². The molecule has 1 rings (SSSR count). The third kappa shape index (κ3) is 4.26. The normalized spacial score (nSPS) is 22.6. The van der Waals surface area contributed by atoms with Gasteiger partial charge in [0.05, 0.1) is 0 Å². The van der Waals surface area contributed by atoms with Crippen LogP contribution in [0.2, 0.25) is 0 Å². The fourth-order valence-electron chi connectivity index (χ4n) is 2.00. The maximum atomic E-state index is 10.9. The molecule has 1 saturated heterocycles. The first-order chi connectivity index (χ1) is 7.83. The number of nitrogens with two attached hydrogens (primary N) is 1. The Morgan fingerprint density at radius 1 is 1.35 bits per heavy atom. The van der Waals surface area contributed by atoms with Gasteiger partial charge in [-0.15, -0.1) is 0 Å². The summed E-state index contributed by atoms with van der Waals surface area (Å²) in [6.07, 6.45) is 0.504. The van der Waals surface area contributed by atoms with Crippen LogP contribution < -0.4 is 5.73 Å². The third-order valence-electron chi connectivity index (χ3n) is 3.57. The van der Waals surface area contributed by atoms with Crippen molar-refractivity contribution in [3.63, 3.8) is 0 Å². The molecule has 0 aromatic carbocycles. The number of carboxylic acid groups (broad SMARTS) is 1. The third-order valence-corrected chi connectivity index (χ3v) is 3.57. The minimum Gasteiger partial charge on any atom is -0.480 e. The van der Waals surface area contributed by atoms with Gasteiger partial charge in [-0.2, -0.15) is 0 Å². The molecule has 5 nitrogen and oxygen atoms in total. The zero-order valence-corrected chi connectivity index (χ0v) is 11.1. The van der Waals surface area contributed by atoms with E-state index in [-0.39, 0.29) is 0 Å². The molecule has 1 heterocycles. The van der Waals surface area contributed by atoms with Crippen molar-refractivity contribution in [2.75, 3.05) is 32.7 Å². The fraction of sp³-hybridized carbons (Fsp3) is 0.917. The average molecular weight is 243 g/mol. The number of nitrogens with zero attached hydrogens (tertiary/aromatic N) is 2. The number of hydrogen-bond acceptors (Lipinski definition) is 4. The lowest BCUT2D eigenvalue weighted by atomic mass is 9.99. The first-order valence-electron chi connectivity index (χ1n) is 6.31. The van der Waals surface area contributed by atoms with Gasteiger partial charge in [-0.1, -0.05) is 0 Å². The summed E-state index contributed by atoms with van der Waals surface area (Å²) in [5, 5.41) is 8.93. The van der Waals surface area contributed by atoms with Crippen LogP contribution in [0.1, 0.15) is 27.2 Å². The summed E-state index contributed by atoms with van der Waals surface area (Å²) in [5.74, 6) is -0.918. The number of piperazine rings is 1. The van der Waals surface area contributed by atoms with Crippen LogP contribution in [0.5, 0.6) is 0 Å². The summed E-state index contributed by atoms with van der Waals surface area (Å²) in [6, 6.07) is 0.593. The first kappa shape index (κ1) is 14.4. The van der Waals surface area contributed by atoms with E-state index in [0.717, 1.165) is 32.7 Å². The summed E-state index contributed by atoms with van der Waals surface area (Å²) in [4.78, 5) is 15.6. The highest BCUT2D eigenvalue weighted by molar-refractivity contribution is 5.77. The Morgan fingerprint density at radius 3 is 2.29 bits per heavy atom. The summed E-state index contributed by atoms with van der Waals surface area (Å²) >= 11 is 0. The van der Waals surface area contributed by atoms with Crippen molar-refractivity contribution in [3.8, 4) is 0 Å². The zero-order chi connectivity index (χ0) is 13.1. The van der Waals surface area contributed by atoms with E-state index in [9.17, 15) is 4.79 Å². The molecule has 1 aliphatic heterocycles. The number of carboxylic acids is 1. The maximum Gasteiger partial charge on any atom is 0.323 e. The van der Waals surface area contributed by atoms with Crippen LogP contribution in [0.25, 0.3) is 0 Å². The highest BCUT2D eigenvalue weighted by Gasteiger charge is 2.29. The van der Waals surface area contributed by atoms with Crippen molar-refractivity contribution in [3.05, 3.63) is 0 Å². The van der Waals surface area contributed by atoms with Crippen molar-refractivity contribution in [1.29, 1.82) is 0 Å². The second kappa shape index (κ2) is 5.80. The van der Waals surface area contributed by atoms with E-state index in [4.69, 9.17) is 10.8 Å².